The summed E-state index contributed by atoms with van der Waals surface area (Å²) in [4.78, 5) is 3.87. The van der Waals surface area contributed by atoms with Gasteiger partial charge in [-0.2, -0.15) is 18.2 Å². The van der Waals surface area contributed by atoms with E-state index in [0.29, 0.717) is 12.5 Å². The van der Waals surface area contributed by atoms with Crippen molar-refractivity contribution in [1.82, 2.24) is 10.1 Å². The number of hydrogen-bond donors (Lipinski definition) is 0. The van der Waals surface area contributed by atoms with E-state index in [0.717, 1.165) is 18.6 Å². The normalized spacial score (nSPS) is 13.4. The van der Waals surface area contributed by atoms with Gasteiger partial charge in [0.15, 0.2) is 5.82 Å². The average molecular weight is 323 g/mol. The molecule has 2 rings (SSSR count). The average Bonchev–Trinajstić information content (AvgIpc) is 2.87. The molecular formula is C13H11ClF4N2O. The molecule has 0 fully saturated rings. The highest BCUT2D eigenvalue weighted by Crippen LogP contribution is 2.35. The third kappa shape index (κ3) is 3.34. The molecule has 0 aliphatic carbocycles. The fourth-order valence-electron chi connectivity index (χ4n) is 1.77. The maximum Gasteiger partial charge on any atom is 0.419 e. The van der Waals surface area contributed by atoms with Crippen molar-refractivity contribution >= 4 is 11.6 Å². The van der Waals surface area contributed by atoms with Gasteiger partial charge in [0.05, 0.1) is 16.5 Å². The lowest BCUT2D eigenvalue weighted by atomic mass is 10.1. The Hall–Kier alpha value is -1.63. The molecule has 0 saturated heterocycles. The molecule has 0 bridgehead atoms. The van der Waals surface area contributed by atoms with Crippen LogP contribution in [-0.4, -0.2) is 10.1 Å². The molecule has 0 spiro atoms. The molecule has 3 nitrogen and oxygen atoms in total. The summed E-state index contributed by atoms with van der Waals surface area (Å²) in [6, 6.07) is 2.87. The number of rotatable bonds is 4. The van der Waals surface area contributed by atoms with E-state index in [1.165, 1.54) is 0 Å². The van der Waals surface area contributed by atoms with Crippen molar-refractivity contribution in [1.29, 1.82) is 0 Å². The van der Waals surface area contributed by atoms with Crippen LogP contribution >= 0.6 is 11.6 Å². The summed E-state index contributed by atoms with van der Waals surface area (Å²) in [5.74, 6) is -1.64. The van der Waals surface area contributed by atoms with E-state index in [1.54, 1.807) is 0 Å². The van der Waals surface area contributed by atoms with Crippen LogP contribution in [0.15, 0.2) is 22.7 Å². The van der Waals surface area contributed by atoms with Crippen molar-refractivity contribution in [3.8, 4) is 11.5 Å². The number of aromatic nitrogens is 2. The van der Waals surface area contributed by atoms with Crippen molar-refractivity contribution in [2.24, 2.45) is 0 Å². The standard InChI is InChI=1S/C13H11ClF4N2O/c1-2-4-9(14)11-19-12(21-20-11)7-5-3-6-8(10(7)15)13(16,17)18/h3,5-6,9H,2,4H2,1H3. The van der Waals surface area contributed by atoms with Gasteiger partial charge in [-0.25, -0.2) is 4.39 Å². The lowest BCUT2D eigenvalue weighted by molar-refractivity contribution is -0.139. The van der Waals surface area contributed by atoms with Crippen LogP contribution in [0, 0.1) is 5.82 Å². The largest absolute Gasteiger partial charge is 0.419 e. The van der Waals surface area contributed by atoms with Gasteiger partial charge in [-0.3, -0.25) is 0 Å². The first-order valence-electron chi connectivity index (χ1n) is 6.18. The number of nitrogens with zero attached hydrogens (tertiary/aromatic N) is 2. The van der Waals surface area contributed by atoms with Crippen molar-refractivity contribution < 1.29 is 22.1 Å². The minimum atomic E-state index is -4.79. The van der Waals surface area contributed by atoms with Crippen LogP contribution in [0.5, 0.6) is 0 Å². The fourth-order valence-corrected chi connectivity index (χ4v) is 2.08. The molecule has 1 atom stereocenters. The fraction of sp³-hybridized carbons (Fsp3) is 0.385. The number of alkyl halides is 4. The van der Waals surface area contributed by atoms with Crippen LogP contribution < -0.4 is 0 Å². The Morgan fingerprint density at radius 2 is 2.05 bits per heavy atom. The van der Waals surface area contributed by atoms with E-state index in [1.807, 2.05) is 6.92 Å². The molecule has 21 heavy (non-hydrogen) atoms. The zero-order valence-electron chi connectivity index (χ0n) is 10.9. The van der Waals surface area contributed by atoms with Crippen LogP contribution in [0.4, 0.5) is 17.6 Å². The van der Waals surface area contributed by atoms with E-state index in [2.05, 4.69) is 10.1 Å². The zero-order chi connectivity index (χ0) is 15.6. The lowest BCUT2D eigenvalue weighted by Crippen LogP contribution is -2.08. The first kappa shape index (κ1) is 15.8. The lowest BCUT2D eigenvalue weighted by Gasteiger charge is -2.08. The first-order valence-corrected chi connectivity index (χ1v) is 6.62. The zero-order valence-corrected chi connectivity index (χ0v) is 11.7. The summed E-state index contributed by atoms with van der Waals surface area (Å²) in [7, 11) is 0. The van der Waals surface area contributed by atoms with Crippen molar-refractivity contribution in [2.75, 3.05) is 0 Å². The summed E-state index contributed by atoms with van der Waals surface area (Å²) in [6.45, 7) is 1.91. The quantitative estimate of drug-likeness (QED) is 0.589. The number of benzene rings is 1. The summed E-state index contributed by atoms with van der Waals surface area (Å²) in [5.41, 5.74) is -1.78. The summed E-state index contributed by atoms with van der Waals surface area (Å²) in [6.07, 6.45) is -3.44. The third-order valence-corrected chi connectivity index (χ3v) is 3.21. The Morgan fingerprint density at radius 1 is 1.33 bits per heavy atom. The maximum absolute atomic E-state index is 13.9. The van der Waals surface area contributed by atoms with Crippen LogP contribution in [-0.2, 0) is 6.18 Å². The predicted molar refractivity (Wildman–Crippen MR) is 68.2 cm³/mol. The van der Waals surface area contributed by atoms with Gasteiger partial charge in [0.1, 0.15) is 5.82 Å². The Bertz CT molecular complexity index is 627. The van der Waals surface area contributed by atoms with E-state index in [9.17, 15) is 17.6 Å². The molecule has 1 aromatic carbocycles. The van der Waals surface area contributed by atoms with Crippen molar-refractivity contribution in [3.05, 3.63) is 35.4 Å². The van der Waals surface area contributed by atoms with Gasteiger partial charge in [-0.1, -0.05) is 24.6 Å². The third-order valence-electron chi connectivity index (χ3n) is 2.80. The van der Waals surface area contributed by atoms with Crippen LogP contribution in [0.3, 0.4) is 0 Å². The molecule has 114 valence electrons. The highest BCUT2D eigenvalue weighted by atomic mass is 35.5. The van der Waals surface area contributed by atoms with Gasteiger partial charge in [-0.15, -0.1) is 11.6 Å². The second-order valence-corrected chi connectivity index (χ2v) is 4.91. The van der Waals surface area contributed by atoms with Crippen LogP contribution in [0.2, 0.25) is 0 Å². The minimum Gasteiger partial charge on any atom is -0.334 e. The van der Waals surface area contributed by atoms with Crippen LogP contribution in [0.25, 0.3) is 11.5 Å². The summed E-state index contributed by atoms with van der Waals surface area (Å²) in [5, 5.41) is 3.05. The molecule has 1 heterocycles. The van der Waals surface area contributed by atoms with Gasteiger partial charge < -0.3 is 4.52 Å². The Labute approximate surface area is 122 Å². The number of hydrogen-bond acceptors (Lipinski definition) is 3. The van der Waals surface area contributed by atoms with Gasteiger partial charge in [0.25, 0.3) is 5.89 Å². The molecule has 0 aliphatic heterocycles. The highest BCUT2D eigenvalue weighted by molar-refractivity contribution is 6.20. The summed E-state index contributed by atoms with van der Waals surface area (Å²) >= 11 is 5.99. The van der Waals surface area contributed by atoms with Gasteiger partial charge >= 0.3 is 6.18 Å². The Balaban J connectivity index is 2.39. The molecule has 8 heteroatoms. The Kier molecular flexibility index (Phi) is 4.51. The second-order valence-electron chi connectivity index (χ2n) is 4.38. The van der Waals surface area contributed by atoms with E-state index < -0.39 is 28.5 Å². The Morgan fingerprint density at radius 3 is 2.67 bits per heavy atom. The molecule has 0 amide bonds. The van der Waals surface area contributed by atoms with Crippen molar-refractivity contribution in [2.45, 2.75) is 31.3 Å². The van der Waals surface area contributed by atoms with E-state index in [4.69, 9.17) is 16.1 Å². The molecule has 2 aromatic rings. The molecule has 0 aliphatic rings. The first-order chi connectivity index (χ1) is 9.84. The molecule has 1 unspecified atom stereocenters. The van der Waals surface area contributed by atoms with Crippen LogP contribution in [0.1, 0.15) is 36.5 Å². The SMILES string of the molecule is CCCC(Cl)c1noc(-c2cccc(C(F)(F)F)c2F)n1. The topological polar surface area (TPSA) is 38.9 Å². The number of halogens is 5. The summed E-state index contributed by atoms with van der Waals surface area (Å²) < 4.78 is 56.7. The molecular weight excluding hydrogens is 312 g/mol. The smallest absolute Gasteiger partial charge is 0.334 e. The van der Waals surface area contributed by atoms with Gasteiger partial charge in [0.2, 0.25) is 0 Å². The molecule has 1 aromatic heterocycles. The molecule has 0 saturated carbocycles. The monoisotopic (exact) mass is 322 g/mol. The van der Waals surface area contributed by atoms with E-state index in [-0.39, 0.29) is 11.7 Å². The van der Waals surface area contributed by atoms with Gasteiger partial charge in [0, 0.05) is 0 Å². The van der Waals surface area contributed by atoms with Crippen molar-refractivity contribution in [3.63, 3.8) is 0 Å². The van der Waals surface area contributed by atoms with Gasteiger partial charge in [-0.05, 0) is 18.6 Å². The highest BCUT2D eigenvalue weighted by Gasteiger charge is 2.35. The maximum atomic E-state index is 13.9. The second kappa shape index (κ2) is 6.01. The van der Waals surface area contributed by atoms with E-state index >= 15 is 0 Å². The minimum absolute atomic E-state index is 0.130. The predicted octanol–water partition coefficient (Wildman–Crippen LogP) is 4.97. The molecule has 0 N–H and O–H groups in total. The molecule has 0 radical (unpaired) electrons.